The second-order valence-corrected chi connectivity index (χ2v) is 10.6. The fraction of sp³-hybridized carbons (Fsp3) is 0.556. The molecule has 36 heavy (non-hydrogen) atoms. The van der Waals surface area contributed by atoms with Crippen LogP contribution < -0.4 is 5.32 Å². The molecule has 1 aromatic heterocycles. The Morgan fingerprint density at radius 2 is 1.92 bits per heavy atom. The third-order valence-corrected chi connectivity index (χ3v) is 7.40. The number of benzene rings is 1. The van der Waals surface area contributed by atoms with E-state index in [1.54, 1.807) is 17.4 Å². The zero-order chi connectivity index (χ0) is 25.9. The maximum absolute atomic E-state index is 14.0. The lowest BCUT2D eigenvalue weighted by atomic mass is 9.68. The molecule has 194 valence electrons. The van der Waals surface area contributed by atoms with E-state index in [-0.39, 0.29) is 29.7 Å². The van der Waals surface area contributed by atoms with Gasteiger partial charge in [-0.2, -0.15) is 0 Å². The molecule has 3 N–H and O–H groups in total. The van der Waals surface area contributed by atoms with E-state index in [1.807, 2.05) is 35.2 Å². The Hall–Kier alpha value is -3.20. The summed E-state index contributed by atoms with van der Waals surface area (Å²) in [5.41, 5.74) is 1.01. The van der Waals surface area contributed by atoms with Gasteiger partial charge < -0.3 is 25.2 Å². The van der Waals surface area contributed by atoms with Crippen LogP contribution in [0.3, 0.4) is 0 Å². The van der Waals surface area contributed by atoms with Gasteiger partial charge in [0.2, 0.25) is 17.7 Å². The molecule has 0 unspecified atom stereocenters. The standard InChI is InChI=1S/C27H37N5O4/c1-18(2)16-32-24(20-7-5-4-6-8-20)23(34)14-27(26(32)36)9-11-31(12-10-27)25(35)22(30-19(3)33)13-21-15-28-17-29-21/h4-8,15,17-18,22-24,34H,9-14,16H2,1-3H3,(H,28,29)(H,30,33)/t22-,23+,24-/m0/s1. The molecule has 9 heteroatoms. The first-order valence-electron chi connectivity index (χ1n) is 12.8. The van der Waals surface area contributed by atoms with Crippen molar-refractivity contribution in [2.24, 2.45) is 11.3 Å². The molecule has 9 nitrogen and oxygen atoms in total. The number of carbonyl (C=O) groups excluding carboxylic acids is 3. The normalized spacial score (nSPS) is 22.6. The number of likely N-dealkylation sites (tertiary alicyclic amines) is 2. The summed E-state index contributed by atoms with van der Waals surface area (Å²) < 4.78 is 0. The summed E-state index contributed by atoms with van der Waals surface area (Å²) in [7, 11) is 0. The monoisotopic (exact) mass is 495 g/mol. The highest BCUT2D eigenvalue weighted by atomic mass is 16.3. The highest BCUT2D eigenvalue weighted by Gasteiger charge is 2.53. The van der Waals surface area contributed by atoms with Gasteiger partial charge >= 0.3 is 0 Å². The van der Waals surface area contributed by atoms with E-state index < -0.39 is 17.6 Å². The highest BCUT2D eigenvalue weighted by Crippen LogP contribution is 2.47. The van der Waals surface area contributed by atoms with Gasteiger partial charge in [0.05, 0.1) is 23.9 Å². The number of aromatic nitrogens is 2. The van der Waals surface area contributed by atoms with E-state index in [4.69, 9.17) is 0 Å². The molecular weight excluding hydrogens is 458 g/mol. The van der Waals surface area contributed by atoms with Crippen LogP contribution in [0.15, 0.2) is 42.9 Å². The molecule has 3 amide bonds. The molecule has 3 atom stereocenters. The Balaban J connectivity index is 1.50. The van der Waals surface area contributed by atoms with Gasteiger partial charge in [-0.1, -0.05) is 44.2 Å². The van der Waals surface area contributed by atoms with Gasteiger partial charge in [0.15, 0.2) is 0 Å². The fourth-order valence-electron chi connectivity index (χ4n) is 5.74. The summed E-state index contributed by atoms with van der Waals surface area (Å²) in [5.74, 6) is -0.119. The van der Waals surface area contributed by atoms with Crippen molar-refractivity contribution in [2.75, 3.05) is 19.6 Å². The van der Waals surface area contributed by atoms with Crippen LogP contribution in [-0.2, 0) is 20.8 Å². The largest absolute Gasteiger partial charge is 0.391 e. The zero-order valence-electron chi connectivity index (χ0n) is 21.3. The summed E-state index contributed by atoms with van der Waals surface area (Å²) in [6.45, 7) is 6.92. The molecule has 3 heterocycles. The third kappa shape index (κ3) is 5.46. The van der Waals surface area contributed by atoms with Crippen molar-refractivity contribution in [1.29, 1.82) is 0 Å². The number of aromatic amines is 1. The number of nitrogens with zero attached hydrogens (tertiary/aromatic N) is 3. The number of aliphatic hydroxyl groups is 1. The second-order valence-electron chi connectivity index (χ2n) is 10.6. The summed E-state index contributed by atoms with van der Waals surface area (Å²) in [6, 6.07) is 8.66. The Bertz CT molecular complexity index is 1050. The number of carbonyl (C=O) groups is 3. The molecule has 2 aliphatic heterocycles. The van der Waals surface area contributed by atoms with Crippen molar-refractivity contribution in [3.05, 3.63) is 54.1 Å². The maximum atomic E-state index is 14.0. The average Bonchev–Trinajstić information content (AvgIpc) is 3.35. The van der Waals surface area contributed by atoms with Crippen molar-refractivity contribution in [1.82, 2.24) is 25.1 Å². The van der Waals surface area contributed by atoms with Crippen LogP contribution in [-0.4, -0.2) is 74.4 Å². The third-order valence-electron chi connectivity index (χ3n) is 7.40. The van der Waals surface area contributed by atoms with Crippen molar-refractivity contribution in [3.8, 4) is 0 Å². The van der Waals surface area contributed by atoms with Crippen molar-refractivity contribution in [3.63, 3.8) is 0 Å². The van der Waals surface area contributed by atoms with E-state index in [1.165, 1.54) is 6.92 Å². The van der Waals surface area contributed by atoms with Gasteiger partial charge in [0, 0.05) is 44.9 Å². The van der Waals surface area contributed by atoms with Gasteiger partial charge in [0.1, 0.15) is 6.04 Å². The van der Waals surface area contributed by atoms with Gasteiger partial charge in [0.25, 0.3) is 0 Å². The number of piperidine rings is 2. The smallest absolute Gasteiger partial charge is 0.245 e. The SMILES string of the molecule is CC(=O)N[C@@H](Cc1cnc[nH]1)C(=O)N1CCC2(CC1)C[C@@H](O)[C@H](c1ccccc1)N(CC(C)C)C2=O. The van der Waals surface area contributed by atoms with E-state index in [0.717, 1.165) is 11.3 Å². The minimum Gasteiger partial charge on any atom is -0.391 e. The molecule has 2 aliphatic rings. The summed E-state index contributed by atoms with van der Waals surface area (Å²) >= 11 is 0. The number of amides is 3. The van der Waals surface area contributed by atoms with Crippen molar-refractivity contribution >= 4 is 17.7 Å². The first-order chi connectivity index (χ1) is 17.2. The van der Waals surface area contributed by atoms with Crippen LogP contribution >= 0.6 is 0 Å². The lowest BCUT2D eigenvalue weighted by Gasteiger charge is -2.52. The van der Waals surface area contributed by atoms with Crippen LogP contribution in [0.2, 0.25) is 0 Å². The summed E-state index contributed by atoms with van der Waals surface area (Å²) in [5, 5.41) is 14.1. The van der Waals surface area contributed by atoms with Gasteiger partial charge in [-0.25, -0.2) is 4.98 Å². The number of H-pyrrole nitrogens is 1. The first-order valence-corrected chi connectivity index (χ1v) is 12.8. The highest BCUT2D eigenvalue weighted by molar-refractivity contribution is 5.88. The Morgan fingerprint density at radius 3 is 2.50 bits per heavy atom. The molecule has 0 bridgehead atoms. The van der Waals surface area contributed by atoms with Crippen LogP contribution in [0.1, 0.15) is 57.3 Å². The predicted molar refractivity (Wildman–Crippen MR) is 135 cm³/mol. The van der Waals surface area contributed by atoms with E-state index in [0.29, 0.717) is 45.3 Å². The average molecular weight is 496 g/mol. The van der Waals surface area contributed by atoms with Crippen molar-refractivity contribution < 1.29 is 19.5 Å². The Morgan fingerprint density at radius 1 is 1.22 bits per heavy atom. The minimum atomic E-state index is -0.704. The second kappa shape index (κ2) is 10.8. The molecule has 0 radical (unpaired) electrons. The molecule has 2 saturated heterocycles. The van der Waals surface area contributed by atoms with Gasteiger partial charge in [-0.05, 0) is 30.7 Å². The number of imidazole rings is 1. The number of aliphatic hydroxyl groups excluding tert-OH is 1. The molecule has 0 aliphatic carbocycles. The molecular formula is C27H37N5O4. The predicted octanol–water partition coefficient (Wildman–Crippen LogP) is 2.06. The molecule has 1 aromatic carbocycles. The summed E-state index contributed by atoms with van der Waals surface area (Å²) in [6.07, 6.45) is 4.18. The van der Waals surface area contributed by atoms with Crippen LogP contribution in [0.5, 0.6) is 0 Å². The number of rotatable bonds is 7. The molecule has 2 fully saturated rings. The topological polar surface area (TPSA) is 119 Å². The maximum Gasteiger partial charge on any atom is 0.245 e. The van der Waals surface area contributed by atoms with E-state index >= 15 is 0 Å². The zero-order valence-corrected chi connectivity index (χ0v) is 21.3. The van der Waals surface area contributed by atoms with Crippen LogP contribution in [0, 0.1) is 11.3 Å². The number of hydrogen-bond donors (Lipinski definition) is 3. The van der Waals surface area contributed by atoms with E-state index in [9.17, 15) is 19.5 Å². The molecule has 4 rings (SSSR count). The van der Waals surface area contributed by atoms with Crippen molar-refractivity contribution in [2.45, 2.75) is 64.6 Å². The lowest BCUT2D eigenvalue weighted by molar-refractivity contribution is -0.166. The van der Waals surface area contributed by atoms with Gasteiger partial charge in [-0.15, -0.1) is 0 Å². The van der Waals surface area contributed by atoms with E-state index in [2.05, 4.69) is 29.1 Å². The number of hydrogen-bond acceptors (Lipinski definition) is 5. The quantitative estimate of drug-likeness (QED) is 0.543. The Labute approximate surface area is 212 Å². The lowest BCUT2D eigenvalue weighted by Crippen LogP contribution is -2.60. The summed E-state index contributed by atoms with van der Waals surface area (Å²) in [4.78, 5) is 49.7. The Kier molecular flexibility index (Phi) is 7.78. The van der Waals surface area contributed by atoms with Gasteiger partial charge in [-0.3, -0.25) is 14.4 Å². The molecule has 1 spiro atoms. The van der Waals surface area contributed by atoms with Crippen LogP contribution in [0.4, 0.5) is 0 Å². The molecule has 0 saturated carbocycles. The first kappa shape index (κ1) is 25.9. The number of nitrogens with one attached hydrogen (secondary N) is 2. The van der Waals surface area contributed by atoms with Crippen LogP contribution in [0.25, 0.3) is 0 Å². The fourth-order valence-corrected chi connectivity index (χ4v) is 5.74. The minimum absolute atomic E-state index is 0.0679. The molecule has 2 aromatic rings.